The van der Waals surface area contributed by atoms with Crippen LogP contribution in [0.2, 0.25) is 5.02 Å². The number of halogens is 1. The fourth-order valence-electron chi connectivity index (χ4n) is 3.67. The van der Waals surface area contributed by atoms with Crippen LogP contribution in [0, 0.1) is 5.92 Å². The van der Waals surface area contributed by atoms with Crippen molar-refractivity contribution in [3.63, 3.8) is 0 Å². The summed E-state index contributed by atoms with van der Waals surface area (Å²) in [7, 11) is 0. The molecule has 0 spiro atoms. The molecule has 8 nitrogen and oxygen atoms in total. The maximum Gasteiger partial charge on any atom is 0.327 e. The second kappa shape index (κ2) is 11.0. The highest BCUT2D eigenvalue weighted by Gasteiger charge is 2.50. The molecule has 0 bridgehead atoms. The highest BCUT2D eigenvalue weighted by atomic mass is 35.5. The number of aliphatic carboxylic acids is 2. The van der Waals surface area contributed by atoms with E-state index in [9.17, 15) is 24.6 Å². The lowest BCUT2D eigenvalue weighted by atomic mass is 9.76. The number of unbranched alkanes of at least 4 members (excludes halogenated alkanes) is 1. The van der Waals surface area contributed by atoms with Crippen LogP contribution in [0.4, 0.5) is 0 Å². The van der Waals surface area contributed by atoms with E-state index in [1.165, 1.54) is 16.7 Å². The molecule has 1 saturated heterocycles. The van der Waals surface area contributed by atoms with E-state index in [2.05, 4.69) is 0 Å². The van der Waals surface area contributed by atoms with Gasteiger partial charge in [-0.3, -0.25) is 9.59 Å². The van der Waals surface area contributed by atoms with E-state index < -0.39 is 35.3 Å². The number of hydrogen-bond acceptors (Lipinski definition) is 6. The lowest BCUT2D eigenvalue weighted by Crippen LogP contribution is -2.63. The highest BCUT2D eigenvalue weighted by molar-refractivity contribution is 7.99. The fraction of sp³-hybridized carbons (Fsp3) is 0.550. The van der Waals surface area contributed by atoms with Gasteiger partial charge in [-0.1, -0.05) is 23.7 Å². The Hall–Kier alpha value is -1.81. The summed E-state index contributed by atoms with van der Waals surface area (Å²) in [4.78, 5) is 38.3. The van der Waals surface area contributed by atoms with E-state index in [0.29, 0.717) is 30.8 Å². The molecule has 166 valence electrons. The number of amides is 1. The molecule has 0 aromatic heterocycles. The zero-order chi connectivity index (χ0) is 22.3. The first-order valence-corrected chi connectivity index (χ1v) is 11.3. The predicted octanol–water partition coefficient (Wildman–Crippen LogP) is 1.79. The van der Waals surface area contributed by atoms with Gasteiger partial charge in [0, 0.05) is 10.8 Å². The lowest BCUT2D eigenvalue weighted by Gasteiger charge is -2.38. The minimum absolute atomic E-state index is 0.119. The van der Waals surface area contributed by atoms with Gasteiger partial charge in [-0.05, 0) is 56.3 Å². The number of carbonyl (C=O) groups excluding carboxylic acids is 1. The van der Waals surface area contributed by atoms with Crippen LogP contribution in [-0.4, -0.2) is 62.7 Å². The standard InChI is InChI=1S/C20H28ClN3O5S/c21-14-6-3-13(4-7-14)5-8-15(17(25)26)20(23,9-1-2-10-22)19(29)24-12-30-11-16(24)18(27)28/h3-4,6-7,15-16H,1-2,5,8-12,22-23H2,(H,25,26)(H,27,28)/t15?,16?,20-/m1/s1. The lowest BCUT2D eigenvalue weighted by molar-refractivity contribution is -0.156. The Morgan fingerprint density at radius 1 is 1.23 bits per heavy atom. The Balaban J connectivity index is 2.29. The number of nitrogens with two attached hydrogens (primary N) is 2. The molecule has 1 aromatic rings. The number of aryl methyl sites for hydroxylation is 1. The monoisotopic (exact) mass is 457 g/mol. The average Bonchev–Trinajstić information content (AvgIpc) is 3.19. The zero-order valence-corrected chi connectivity index (χ0v) is 18.2. The normalized spacial score (nSPS) is 19.3. The summed E-state index contributed by atoms with van der Waals surface area (Å²) in [5.74, 6) is -3.66. The number of carboxylic acid groups (broad SMARTS) is 2. The van der Waals surface area contributed by atoms with Crippen molar-refractivity contribution in [1.29, 1.82) is 0 Å². The third-order valence-corrected chi connectivity index (χ3v) is 6.69. The maximum atomic E-state index is 13.4. The van der Waals surface area contributed by atoms with Crippen molar-refractivity contribution in [2.24, 2.45) is 17.4 Å². The Labute approximate surface area is 184 Å². The van der Waals surface area contributed by atoms with Crippen molar-refractivity contribution in [2.45, 2.75) is 43.7 Å². The van der Waals surface area contributed by atoms with Gasteiger partial charge in [0.1, 0.15) is 11.6 Å². The van der Waals surface area contributed by atoms with Crippen LogP contribution >= 0.6 is 23.4 Å². The zero-order valence-electron chi connectivity index (χ0n) is 16.6. The smallest absolute Gasteiger partial charge is 0.327 e. The molecule has 1 amide bonds. The molecule has 1 heterocycles. The summed E-state index contributed by atoms with van der Waals surface area (Å²) in [6, 6.07) is 6.02. The van der Waals surface area contributed by atoms with Crippen molar-refractivity contribution in [3.8, 4) is 0 Å². The highest BCUT2D eigenvalue weighted by Crippen LogP contribution is 2.32. The number of hydrogen-bond donors (Lipinski definition) is 4. The third-order valence-electron chi connectivity index (χ3n) is 5.43. The molecule has 3 atom stereocenters. The van der Waals surface area contributed by atoms with Crippen LogP contribution in [0.25, 0.3) is 0 Å². The van der Waals surface area contributed by atoms with Gasteiger partial charge in [-0.25, -0.2) is 4.79 Å². The van der Waals surface area contributed by atoms with Crippen molar-refractivity contribution in [3.05, 3.63) is 34.9 Å². The van der Waals surface area contributed by atoms with E-state index in [1.807, 2.05) is 0 Å². The van der Waals surface area contributed by atoms with E-state index in [1.54, 1.807) is 24.3 Å². The maximum absolute atomic E-state index is 13.4. The van der Waals surface area contributed by atoms with E-state index in [4.69, 9.17) is 23.1 Å². The first kappa shape index (κ1) is 24.5. The van der Waals surface area contributed by atoms with Gasteiger partial charge in [0.25, 0.3) is 0 Å². The van der Waals surface area contributed by atoms with Crippen molar-refractivity contribution < 1.29 is 24.6 Å². The molecule has 0 aliphatic carbocycles. The van der Waals surface area contributed by atoms with Gasteiger partial charge in [0.05, 0.1) is 11.8 Å². The van der Waals surface area contributed by atoms with Gasteiger partial charge in [0.2, 0.25) is 5.91 Å². The molecule has 0 radical (unpaired) electrons. The number of thioether (sulfide) groups is 1. The molecular formula is C20H28ClN3O5S. The molecule has 0 saturated carbocycles. The number of carbonyl (C=O) groups is 3. The fourth-order valence-corrected chi connectivity index (χ4v) is 4.94. The Morgan fingerprint density at radius 3 is 2.47 bits per heavy atom. The number of benzene rings is 1. The molecule has 1 aliphatic heterocycles. The summed E-state index contributed by atoms with van der Waals surface area (Å²) in [5.41, 5.74) is 11.2. The van der Waals surface area contributed by atoms with Gasteiger partial charge in [0.15, 0.2) is 0 Å². The van der Waals surface area contributed by atoms with Gasteiger partial charge in [-0.15, -0.1) is 11.8 Å². The molecule has 2 unspecified atom stereocenters. The minimum atomic E-state index is -1.72. The molecule has 2 rings (SSSR count). The first-order valence-electron chi connectivity index (χ1n) is 9.78. The summed E-state index contributed by atoms with van der Waals surface area (Å²) in [5, 5.41) is 20.0. The quantitative estimate of drug-likeness (QED) is 0.367. The Bertz CT molecular complexity index is 763. The van der Waals surface area contributed by atoms with Crippen molar-refractivity contribution in [2.75, 3.05) is 18.2 Å². The number of carboxylic acids is 2. The molecule has 1 aromatic carbocycles. The van der Waals surface area contributed by atoms with Crippen LogP contribution in [0.3, 0.4) is 0 Å². The van der Waals surface area contributed by atoms with E-state index in [0.717, 1.165) is 5.56 Å². The van der Waals surface area contributed by atoms with E-state index in [-0.39, 0.29) is 24.5 Å². The number of nitrogens with zero attached hydrogens (tertiary/aromatic N) is 1. The predicted molar refractivity (Wildman–Crippen MR) is 116 cm³/mol. The molecule has 30 heavy (non-hydrogen) atoms. The second-order valence-corrected chi connectivity index (χ2v) is 8.91. The summed E-state index contributed by atoms with van der Waals surface area (Å²) < 4.78 is 0. The molecule has 1 aliphatic rings. The topological polar surface area (TPSA) is 147 Å². The SMILES string of the molecule is NCCCC[C@](N)(C(=O)N1CSCC1C(=O)O)C(CCc1ccc(Cl)cc1)C(=O)O. The van der Waals surface area contributed by atoms with E-state index >= 15 is 0 Å². The Morgan fingerprint density at radius 2 is 1.90 bits per heavy atom. The minimum Gasteiger partial charge on any atom is -0.481 e. The summed E-state index contributed by atoms with van der Waals surface area (Å²) >= 11 is 7.21. The average molecular weight is 458 g/mol. The van der Waals surface area contributed by atoms with Crippen molar-refractivity contribution >= 4 is 41.2 Å². The number of rotatable bonds is 11. The summed E-state index contributed by atoms with van der Waals surface area (Å²) in [6.45, 7) is 0.393. The van der Waals surface area contributed by atoms with Crippen molar-refractivity contribution in [1.82, 2.24) is 4.90 Å². The summed E-state index contributed by atoms with van der Waals surface area (Å²) in [6.07, 6.45) is 1.72. The molecular weight excluding hydrogens is 430 g/mol. The van der Waals surface area contributed by atoms with Crippen LogP contribution in [0.1, 0.15) is 31.2 Å². The van der Waals surface area contributed by atoms with Gasteiger partial charge in [-0.2, -0.15) is 0 Å². The van der Waals surface area contributed by atoms with Crippen LogP contribution in [-0.2, 0) is 20.8 Å². The first-order chi connectivity index (χ1) is 14.2. The largest absolute Gasteiger partial charge is 0.481 e. The second-order valence-electron chi connectivity index (χ2n) is 7.47. The molecule has 10 heteroatoms. The van der Waals surface area contributed by atoms with Gasteiger partial charge < -0.3 is 26.6 Å². The van der Waals surface area contributed by atoms with Crippen LogP contribution in [0.15, 0.2) is 24.3 Å². The van der Waals surface area contributed by atoms with Gasteiger partial charge >= 0.3 is 11.9 Å². The molecule has 6 N–H and O–H groups in total. The van der Waals surface area contributed by atoms with Crippen LogP contribution in [0.5, 0.6) is 0 Å². The Kier molecular flexibility index (Phi) is 8.96. The molecule has 1 fully saturated rings. The third kappa shape index (κ3) is 5.87. The van der Waals surface area contributed by atoms with Crippen LogP contribution < -0.4 is 11.5 Å².